The summed E-state index contributed by atoms with van der Waals surface area (Å²) in [4.78, 5) is 135. The van der Waals surface area contributed by atoms with E-state index in [0.717, 1.165) is 26.0 Å². The van der Waals surface area contributed by atoms with E-state index in [1.165, 1.54) is 6.07 Å². The van der Waals surface area contributed by atoms with Crippen molar-refractivity contribution in [3.05, 3.63) is 29.3 Å². The van der Waals surface area contributed by atoms with Crippen molar-refractivity contribution in [2.24, 2.45) is 11.7 Å². The minimum atomic E-state index is -1.97. The van der Waals surface area contributed by atoms with E-state index >= 15 is 0 Å². The van der Waals surface area contributed by atoms with Gasteiger partial charge in [-0.2, -0.15) is 0 Å². The highest BCUT2D eigenvalue weighted by molar-refractivity contribution is 5.98. The Bertz CT molecular complexity index is 1720. The largest absolute Gasteiger partial charge is 0.507 e. The molecule has 0 unspecified atom stereocenters. The number of aromatic carboxylic acids is 1. The third-order valence-electron chi connectivity index (χ3n) is 7.85. The molecule has 1 rings (SSSR count). The van der Waals surface area contributed by atoms with Crippen molar-refractivity contribution in [2.45, 2.75) is 102 Å². The van der Waals surface area contributed by atoms with E-state index in [4.69, 9.17) is 10.8 Å². The monoisotopic (exact) mass is 809 g/mol. The maximum Gasteiger partial charge on any atom is 0.339 e. The van der Waals surface area contributed by atoms with Crippen LogP contribution < -0.4 is 37.6 Å². The van der Waals surface area contributed by atoms with Gasteiger partial charge in [-0.25, -0.2) is 4.79 Å². The second kappa shape index (κ2) is 22.5. The Hall–Kier alpha value is -6.81. The Balaban J connectivity index is 3.43. The lowest BCUT2D eigenvalue weighted by atomic mass is 9.99. The number of hydrogen-bond donors (Lipinski definition) is 12. The fourth-order valence-corrected chi connectivity index (χ4v) is 5.09. The summed E-state index contributed by atoms with van der Waals surface area (Å²) in [5.41, 5.74) is 5.06. The molecule has 23 heteroatoms. The van der Waals surface area contributed by atoms with Gasteiger partial charge >= 0.3 is 23.9 Å². The van der Waals surface area contributed by atoms with E-state index in [0.29, 0.717) is 0 Å². The van der Waals surface area contributed by atoms with Crippen LogP contribution in [-0.2, 0) is 54.4 Å². The van der Waals surface area contributed by atoms with Crippen LogP contribution in [-0.4, -0.2) is 127 Å². The van der Waals surface area contributed by atoms with E-state index < -0.39 is 145 Å². The van der Waals surface area contributed by atoms with Crippen molar-refractivity contribution in [3.63, 3.8) is 0 Å². The molecule has 0 aliphatic heterocycles. The number of carboxylic acids is 4. The molecule has 0 saturated carbocycles. The van der Waals surface area contributed by atoms with Gasteiger partial charge in [-0.3, -0.25) is 47.9 Å². The smallest absolute Gasteiger partial charge is 0.339 e. The topological polar surface area (TPSA) is 387 Å². The van der Waals surface area contributed by atoms with Gasteiger partial charge in [0.25, 0.3) is 0 Å². The number of carbonyl (C=O) groups is 11. The molecule has 0 spiro atoms. The first kappa shape index (κ1) is 48.2. The number of rotatable bonds is 24. The number of hydrogen-bond acceptors (Lipinski definition) is 12. The van der Waals surface area contributed by atoms with Crippen molar-refractivity contribution < 1.29 is 78.3 Å². The summed E-state index contributed by atoms with van der Waals surface area (Å²) in [6, 6.07) is -6.61. The zero-order valence-corrected chi connectivity index (χ0v) is 31.3. The van der Waals surface area contributed by atoms with Crippen molar-refractivity contribution in [1.29, 1.82) is 0 Å². The van der Waals surface area contributed by atoms with Crippen LogP contribution in [0.1, 0.15) is 75.7 Å². The quantitative estimate of drug-likeness (QED) is 0.0493. The molecule has 314 valence electrons. The summed E-state index contributed by atoms with van der Waals surface area (Å²) >= 11 is 0. The molecule has 0 aliphatic carbocycles. The van der Waals surface area contributed by atoms with Crippen LogP contribution in [0.3, 0.4) is 0 Å². The Morgan fingerprint density at radius 2 is 1.09 bits per heavy atom. The second-order valence-electron chi connectivity index (χ2n) is 13.2. The molecule has 13 N–H and O–H groups in total. The van der Waals surface area contributed by atoms with Gasteiger partial charge in [-0.05, 0) is 43.4 Å². The molecule has 7 amide bonds. The Morgan fingerprint density at radius 3 is 1.56 bits per heavy atom. The summed E-state index contributed by atoms with van der Waals surface area (Å²) in [5, 5.41) is 60.4. The van der Waals surface area contributed by atoms with Gasteiger partial charge in [-0.1, -0.05) is 19.9 Å². The highest BCUT2D eigenvalue weighted by Gasteiger charge is 2.34. The molecule has 0 fully saturated rings. The molecule has 1 aromatic carbocycles. The first-order valence-electron chi connectivity index (χ1n) is 17.2. The minimum absolute atomic E-state index is 0.0737. The standard InChI is InChI=1S/C34H47N7O16/c1-14(2)9-20(28(35)50)39-32(54)21(10-17-5-6-18(34(56)57)24(43)11-17)41-30(52)19(7-8-25(44)45)38-33(55)23(13-27(48)49)40-29(51)15(3)36-31(53)22(12-26(46)47)37-16(4)42/h5-6,11,14-15,19-23,43H,7-10,12-13H2,1-4H3,(H2,35,50)(H,36,53)(H,37,42)(H,38,55)(H,39,54)(H,40,51)(H,41,52)(H,44,45)(H,46,47)(H,48,49)(H,56,57)/t15-,19-,20-,21-,22-,23-/m0/s1. The Kier molecular flexibility index (Phi) is 19.1. The third-order valence-corrected chi connectivity index (χ3v) is 7.85. The molecule has 57 heavy (non-hydrogen) atoms. The zero-order valence-electron chi connectivity index (χ0n) is 31.3. The molecule has 0 radical (unpaired) electrons. The van der Waals surface area contributed by atoms with Crippen molar-refractivity contribution >= 4 is 65.2 Å². The number of nitrogens with two attached hydrogens (primary N) is 1. The number of nitrogens with one attached hydrogen (secondary N) is 6. The molecule has 0 bridgehead atoms. The highest BCUT2D eigenvalue weighted by Crippen LogP contribution is 2.20. The Morgan fingerprint density at radius 1 is 0.614 bits per heavy atom. The van der Waals surface area contributed by atoms with Crippen LogP contribution in [0, 0.1) is 5.92 Å². The predicted molar refractivity (Wildman–Crippen MR) is 192 cm³/mol. The van der Waals surface area contributed by atoms with Crippen LogP contribution in [0.2, 0.25) is 0 Å². The first-order valence-corrected chi connectivity index (χ1v) is 17.2. The summed E-state index contributed by atoms with van der Waals surface area (Å²) in [7, 11) is 0. The lowest BCUT2D eigenvalue weighted by Gasteiger charge is -2.27. The molecule has 0 heterocycles. The summed E-state index contributed by atoms with van der Waals surface area (Å²) < 4.78 is 0. The SMILES string of the molecule is CC(=O)N[C@@H](CC(=O)O)C(=O)N[C@@H](C)C(=O)N[C@@H](CC(=O)O)C(=O)N[C@@H](CCC(=O)O)C(=O)N[C@@H](Cc1ccc(C(=O)O)c(O)c1)C(=O)N[C@@H](CC(C)C)C(N)=O. The normalized spacial score (nSPS) is 13.9. The first-order chi connectivity index (χ1) is 26.4. The van der Waals surface area contributed by atoms with Gasteiger partial charge in [-0.15, -0.1) is 0 Å². The molecule has 1 aromatic rings. The third kappa shape index (κ3) is 17.5. The van der Waals surface area contributed by atoms with Gasteiger partial charge in [0.1, 0.15) is 47.6 Å². The van der Waals surface area contributed by atoms with Gasteiger partial charge in [0.15, 0.2) is 0 Å². The van der Waals surface area contributed by atoms with Gasteiger partial charge in [0.05, 0.1) is 12.8 Å². The van der Waals surface area contributed by atoms with Crippen molar-refractivity contribution in [3.8, 4) is 5.75 Å². The Labute approximate surface area is 324 Å². The fraction of sp³-hybridized carbons (Fsp3) is 0.500. The molecule has 6 atom stereocenters. The van der Waals surface area contributed by atoms with Crippen LogP contribution in [0.4, 0.5) is 0 Å². The van der Waals surface area contributed by atoms with Gasteiger partial charge in [0.2, 0.25) is 41.4 Å². The number of carboxylic acid groups (broad SMARTS) is 4. The average Bonchev–Trinajstić information content (AvgIpc) is 3.07. The van der Waals surface area contributed by atoms with Gasteiger partial charge < -0.3 is 63.2 Å². The number of aromatic hydroxyl groups is 1. The highest BCUT2D eigenvalue weighted by atomic mass is 16.4. The minimum Gasteiger partial charge on any atom is -0.507 e. The van der Waals surface area contributed by atoms with E-state index in [-0.39, 0.29) is 17.9 Å². The predicted octanol–water partition coefficient (Wildman–Crippen LogP) is -3.07. The second-order valence-corrected chi connectivity index (χ2v) is 13.2. The molecular formula is C34H47N7O16. The number of primary amides is 1. The van der Waals surface area contributed by atoms with Crippen molar-refractivity contribution in [2.75, 3.05) is 0 Å². The van der Waals surface area contributed by atoms with Crippen LogP contribution in [0.15, 0.2) is 18.2 Å². The molecular weight excluding hydrogens is 762 g/mol. The number of aliphatic carboxylic acids is 3. The zero-order chi connectivity index (χ0) is 43.7. The fourth-order valence-electron chi connectivity index (χ4n) is 5.09. The number of carbonyl (C=O) groups excluding carboxylic acids is 7. The average molecular weight is 810 g/mol. The lowest BCUT2D eigenvalue weighted by Crippen LogP contribution is -2.60. The van der Waals surface area contributed by atoms with E-state index in [2.05, 4.69) is 31.9 Å². The van der Waals surface area contributed by atoms with Crippen LogP contribution in [0.25, 0.3) is 0 Å². The van der Waals surface area contributed by atoms with E-state index in [1.54, 1.807) is 13.8 Å². The number of benzene rings is 1. The molecule has 0 aromatic heterocycles. The van der Waals surface area contributed by atoms with E-state index in [1.807, 2.05) is 0 Å². The van der Waals surface area contributed by atoms with Crippen LogP contribution >= 0.6 is 0 Å². The van der Waals surface area contributed by atoms with Crippen LogP contribution in [0.5, 0.6) is 5.75 Å². The summed E-state index contributed by atoms with van der Waals surface area (Å²) in [5.74, 6) is -14.4. The summed E-state index contributed by atoms with van der Waals surface area (Å²) in [6.45, 7) is 5.55. The maximum atomic E-state index is 13.7. The van der Waals surface area contributed by atoms with E-state index in [9.17, 15) is 73.2 Å². The summed E-state index contributed by atoms with van der Waals surface area (Å²) in [6.07, 6.45) is -3.78. The number of amides is 7. The van der Waals surface area contributed by atoms with Crippen molar-refractivity contribution in [1.82, 2.24) is 31.9 Å². The molecule has 0 saturated heterocycles. The molecule has 23 nitrogen and oxygen atoms in total. The maximum absolute atomic E-state index is 13.7. The lowest BCUT2D eigenvalue weighted by molar-refractivity contribution is -0.141. The van der Waals surface area contributed by atoms with Gasteiger partial charge in [0, 0.05) is 19.8 Å². The molecule has 0 aliphatic rings. The number of phenols is 1.